The fourth-order valence-electron chi connectivity index (χ4n) is 4.19. The summed E-state index contributed by atoms with van der Waals surface area (Å²) in [6.45, 7) is -0.272. The Bertz CT molecular complexity index is 1660. The SMILES string of the molecule is CN1c2c(-c3ccccc3)nn(CC(=O)N/N=C/c3ccccc3[N+](=O)[O-])c2-c2ccccc2S1(=O)=O. The zero-order valence-electron chi connectivity index (χ0n) is 19.5. The summed E-state index contributed by atoms with van der Waals surface area (Å²) in [5.74, 6) is -0.548. The summed E-state index contributed by atoms with van der Waals surface area (Å²) in [5.41, 5.74) is 4.83. The molecule has 0 fully saturated rings. The highest BCUT2D eigenvalue weighted by molar-refractivity contribution is 7.93. The fraction of sp³-hybridized carbons (Fsp3) is 0.0800. The van der Waals surface area contributed by atoms with Crippen molar-refractivity contribution in [3.63, 3.8) is 0 Å². The van der Waals surface area contributed by atoms with Crippen LogP contribution in [-0.4, -0.2) is 42.3 Å². The van der Waals surface area contributed by atoms with E-state index in [1.165, 1.54) is 46.5 Å². The maximum Gasteiger partial charge on any atom is 0.278 e. The number of anilines is 1. The van der Waals surface area contributed by atoms with E-state index in [2.05, 4.69) is 15.6 Å². The molecule has 0 radical (unpaired) electrons. The molecule has 1 aliphatic rings. The molecule has 0 saturated carbocycles. The minimum Gasteiger partial charge on any atom is -0.271 e. The molecule has 0 saturated heterocycles. The number of aromatic nitrogens is 2. The van der Waals surface area contributed by atoms with Crippen LogP contribution >= 0.6 is 0 Å². The number of amides is 1. The largest absolute Gasteiger partial charge is 0.278 e. The van der Waals surface area contributed by atoms with Gasteiger partial charge in [0, 0.05) is 24.2 Å². The van der Waals surface area contributed by atoms with Crippen LogP contribution in [-0.2, 0) is 21.4 Å². The van der Waals surface area contributed by atoms with Crippen LogP contribution in [0, 0.1) is 10.1 Å². The van der Waals surface area contributed by atoms with Gasteiger partial charge >= 0.3 is 0 Å². The van der Waals surface area contributed by atoms with Gasteiger partial charge in [-0.1, -0.05) is 60.7 Å². The number of sulfonamides is 1. The van der Waals surface area contributed by atoms with Gasteiger partial charge in [-0.2, -0.15) is 10.2 Å². The maximum absolute atomic E-state index is 13.3. The zero-order valence-corrected chi connectivity index (χ0v) is 20.3. The van der Waals surface area contributed by atoms with E-state index in [1.54, 1.807) is 24.3 Å². The predicted molar refractivity (Wildman–Crippen MR) is 138 cm³/mol. The molecule has 4 aromatic rings. The second kappa shape index (κ2) is 9.32. The van der Waals surface area contributed by atoms with E-state index in [9.17, 15) is 23.3 Å². The summed E-state index contributed by atoms with van der Waals surface area (Å²) in [6.07, 6.45) is 1.19. The lowest BCUT2D eigenvalue weighted by atomic mass is 10.1. The first-order chi connectivity index (χ1) is 17.8. The molecule has 1 amide bonds. The predicted octanol–water partition coefficient (Wildman–Crippen LogP) is 3.41. The van der Waals surface area contributed by atoms with Gasteiger partial charge in [-0.25, -0.2) is 13.8 Å². The van der Waals surface area contributed by atoms with Crippen molar-refractivity contribution in [3.8, 4) is 22.5 Å². The monoisotopic (exact) mass is 516 g/mol. The van der Waals surface area contributed by atoms with Gasteiger partial charge in [-0.15, -0.1) is 0 Å². The van der Waals surface area contributed by atoms with E-state index in [0.717, 1.165) is 0 Å². The first-order valence-electron chi connectivity index (χ1n) is 11.1. The van der Waals surface area contributed by atoms with Crippen LogP contribution in [0.25, 0.3) is 22.5 Å². The van der Waals surface area contributed by atoms with Crippen molar-refractivity contribution in [2.45, 2.75) is 11.4 Å². The quantitative estimate of drug-likeness (QED) is 0.237. The number of nitro benzene ring substituents is 1. The minimum atomic E-state index is -3.83. The maximum atomic E-state index is 13.3. The number of nitrogens with one attached hydrogen (secondary N) is 1. The van der Waals surface area contributed by atoms with Crippen LogP contribution in [0.2, 0.25) is 0 Å². The van der Waals surface area contributed by atoms with Crippen molar-refractivity contribution < 1.29 is 18.1 Å². The zero-order chi connectivity index (χ0) is 26.2. The number of carbonyl (C=O) groups is 1. The fourth-order valence-corrected chi connectivity index (χ4v) is 5.59. The summed E-state index contributed by atoms with van der Waals surface area (Å²) in [5, 5.41) is 19.7. The Labute approximate surface area is 211 Å². The Kier molecular flexibility index (Phi) is 6.01. The molecule has 37 heavy (non-hydrogen) atoms. The molecule has 0 atom stereocenters. The van der Waals surface area contributed by atoms with Gasteiger partial charge in [-0.3, -0.25) is 23.9 Å². The van der Waals surface area contributed by atoms with E-state index >= 15 is 0 Å². The number of rotatable bonds is 6. The van der Waals surface area contributed by atoms with Gasteiger partial charge in [0.05, 0.1) is 27.3 Å². The van der Waals surface area contributed by atoms with Gasteiger partial charge in [0.15, 0.2) is 0 Å². The molecular formula is C25H20N6O5S. The number of fused-ring (bicyclic) bond motifs is 3. The molecular weight excluding hydrogens is 496 g/mol. The normalized spacial score (nSPS) is 13.7. The van der Waals surface area contributed by atoms with Crippen molar-refractivity contribution in [2.24, 2.45) is 5.10 Å². The summed E-state index contributed by atoms with van der Waals surface area (Å²) < 4.78 is 29.2. The number of nitro groups is 1. The number of carbonyl (C=O) groups excluding carboxylic acids is 1. The summed E-state index contributed by atoms with van der Waals surface area (Å²) in [6, 6.07) is 21.7. The number of hydrogen-bond acceptors (Lipinski definition) is 7. The van der Waals surface area contributed by atoms with Crippen LogP contribution in [0.3, 0.4) is 0 Å². The van der Waals surface area contributed by atoms with Crippen LogP contribution in [0.4, 0.5) is 11.4 Å². The number of para-hydroxylation sites is 1. The molecule has 2 heterocycles. The molecule has 0 unspecified atom stereocenters. The third kappa shape index (κ3) is 4.23. The number of nitrogens with zero attached hydrogens (tertiary/aromatic N) is 5. The standard InChI is InChI=1S/C25H20N6O5S/c1-29-25-23(17-9-3-2-4-10-17)28-30(24(25)19-12-6-8-14-21(19)37(29,35)36)16-22(32)27-26-15-18-11-5-7-13-20(18)31(33)34/h2-15H,16H2,1H3,(H,27,32)/b26-15+. The highest BCUT2D eigenvalue weighted by atomic mass is 32.2. The summed E-state index contributed by atoms with van der Waals surface area (Å²) >= 11 is 0. The highest BCUT2D eigenvalue weighted by Gasteiger charge is 2.38. The number of hydrazone groups is 1. The van der Waals surface area contributed by atoms with Gasteiger partial charge in [-0.05, 0) is 12.1 Å². The van der Waals surface area contributed by atoms with E-state index < -0.39 is 20.9 Å². The second-order valence-corrected chi connectivity index (χ2v) is 10.1. The molecule has 186 valence electrons. The lowest BCUT2D eigenvalue weighted by molar-refractivity contribution is -0.385. The average molecular weight is 517 g/mol. The van der Waals surface area contributed by atoms with Gasteiger partial charge in [0.1, 0.15) is 17.9 Å². The Hall–Kier alpha value is -4.84. The minimum absolute atomic E-state index is 0.112. The van der Waals surface area contributed by atoms with Gasteiger partial charge in [0.2, 0.25) is 0 Å². The highest BCUT2D eigenvalue weighted by Crippen LogP contribution is 2.47. The molecule has 3 aromatic carbocycles. The lowest BCUT2D eigenvalue weighted by Gasteiger charge is -2.27. The third-order valence-corrected chi connectivity index (χ3v) is 7.71. The van der Waals surface area contributed by atoms with E-state index in [4.69, 9.17) is 0 Å². The number of hydrogen-bond donors (Lipinski definition) is 1. The molecule has 11 nitrogen and oxygen atoms in total. The lowest BCUT2D eigenvalue weighted by Crippen LogP contribution is -2.31. The first-order valence-corrected chi connectivity index (χ1v) is 12.5. The van der Waals surface area contributed by atoms with Crippen LogP contribution in [0.15, 0.2) is 88.9 Å². The molecule has 1 aliphatic heterocycles. The van der Waals surface area contributed by atoms with Crippen molar-refractivity contribution in [2.75, 3.05) is 11.4 Å². The molecule has 1 N–H and O–H groups in total. The third-order valence-electron chi connectivity index (χ3n) is 5.89. The van der Waals surface area contributed by atoms with Crippen molar-refractivity contribution in [1.82, 2.24) is 15.2 Å². The topological polar surface area (TPSA) is 140 Å². The average Bonchev–Trinajstić information content (AvgIpc) is 3.27. The van der Waals surface area contributed by atoms with Crippen LogP contribution in [0.5, 0.6) is 0 Å². The molecule has 0 bridgehead atoms. The van der Waals surface area contributed by atoms with Crippen LogP contribution < -0.4 is 9.73 Å². The summed E-state index contributed by atoms with van der Waals surface area (Å²) in [4.78, 5) is 23.6. The Morgan fingerprint density at radius 1 is 1.05 bits per heavy atom. The second-order valence-electron chi connectivity index (χ2n) is 8.15. The van der Waals surface area contributed by atoms with Crippen molar-refractivity contribution in [3.05, 3.63) is 94.5 Å². The first kappa shape index (κ1) is 23.9. The van der Waals surface area contributed by atoms with Gasteiger partial charge < -0.3 is 0 Å². The van der Waals surface area contributed by atoms with Gasteiger partial charge in [0.25, 0.3) is 21.6 Å². The molecule has 0 spiro atoms. The summed E-state index contributed by atoms with van der Waals surface area (Å²) in [7, 11) is -2.38. The molecule has 5 rings (SSSR count). The molecule has 0 aliphatic carbocycles. The molecule has 1 aromatic heterocycles. The van der Waals surface area contributed by atoms with Crippen LogP contribution in [0.1, 0.15) is 5.56 Å². The van der Waals surface area contributed by atoms with E-state index in [1.807, 2.05) is 30.3 Å². The number of benzene rings is 3. The molecule has 12 heteroatoms. The Balaban J connectivity index is 1.53. The van der Waals surface area contributed by atoms with Crippen molar-refractivity contribution in [1.29, 1.82) is 0 Å². The Morgan fingerprint density at radius 2 is 1.73 bits per heavy atom. The van der Waals surface area contributed by atoms with Crippen molar-refractivity contribution >= 4 is 33.5 Å². The smallest absolute Gasteiger partial charge is 0.271 e. The van der Waals surface area contributed by atoms with E-state index in [-0.39, 0.29) is 22.7 Å². The Morgan fingerprint density at radius 3 is 2.49 bits per heavy atom. The van der Waals surface area contributed by atoms with E-state index in [0.29, 0.717) is 28.2 Å².